The van der Waals surface area contributed by atoms with Crippen LogP contribution in [0.2, 0.25) is 0 Å². The highest BCUT2D eigenvalue weighted by molar-refractivity contribution is 7.99. The van der Waals surface area contributed by atoms with E-state index in [0.717, 1.165) is 17.7 Å². The Morgan fingerprint density at radius 2 is 2.11 bits per heavy atom. The average Bonchev–Trinajstić information content (AvgIpc) is 3.10. The van der Waals surface area contributed by atoms with Gasteiger partial charge in [0.05, 0.1) is 11.4 Å². The highest BCUT2D eigenvalue weighted by Gasteiger charge is 2.28. The van der Waals surface area contributed by atoms with Crippen molar-refractivity contribution in [3.8, 4) is 0 Å². The fourth-order valence-electron chi connectivity index (χ4n) is 1.74. The third kappa shape index (κ3) is 1.97. The molecule has 18 heavy (non-hydrogen) atoms. The van der Waals surface area contributed by atoms with Gasteiger partial charge in [-0.25, -0.2) is 9.89 Å². The van der Waals surface area contributed by atoms with Crippen LogP contribution in [-0.2, 0) is 0 Å². The number of nitrogens with zero attached hydrogens (tertiary/aromatic N) is 2. The number of anilines is 2. The lowest BCUT2D eigenvalue weighted by molar-refractivity contribution is 0.642. The van der Waals surface area contributed by atoms with Crippen LogP contribution in [0.3, 0.4) is 0 Å². The predicted octanol–water partition coefficient (Wildman–Crippen LogP) is 1.22. The van der Waals surface area contributed by atoms with Crippen LogP contribution < -0.4 is 17.2 Å². The molecule has 7 heteroatoms. The van der Waals surface area contributed by atoms with Gasteiger partial charge in [0.2, 0.25) is 0 Å². The number of rotatable bonds is 3. The lowest BCUT2D eigenvalue weighted by atomic mass is 10.3. The average molecular weight is 263 g/mol. The number of benzene rings is 1. The number of nitrogens with one attached hydrogen (secondary N) is 1. The summed E-state index contributed by atoms with van der Waals surface area (Å²) in [6.45, 7) is 0. The molecule has 0 bridgehead atoms. The minimum absolute atomic E-state index is 0.150. The zero-order chi connectivity index (χ0) is 12.7. The van der Waals surface area contributed by atoms with Crippen molar-refractivity contribution in [3.63, 3.8) is 0 Å². The molecule has 0 saturated heterocycles. The molecule has 1 aliphatic carbocycles. The molecule has 0 atom stereocenters. The summed E-state index contributed by atoms with van der Waals surface area (Å²) < 4.78 is 1.71. The van der Waals surface area contributed by atoms with Gasteiger partial charge in [-0.3, -0.25) is 4.57 Å². The van der Waals surface area contributed by atoms with Crippen LogP contribution in [0.1, 0.15) is 18.9 Å². The summed E-state index contributed by atoms with van der Waals surface area (Å²) in [7, 11) is 0. The molecule has 1 aliphatic rings. The Bertz CT molecular complexity index is 643. The Morgan fingerprint density at radius 3 is 2.78 bits per heavy atom. The van der Waals surface area contributed by atoms with E-state index in [1.54, 1.807) is 16.7 Å². The minimum atomic E-state index is -0.150. The molecule has 6 nitrogen and oxygen atoms in total. The van der Waals surface area contributed by atoms with Crippen LogP contribution in [0.5, 0.6) is 0 Å². The smallest absolute Gasteiger partial charge is 0.344 e. The molecule has 0 amide bonds. The third-order valence-electron chi connectivity index (χ3n) is 2.85. The summed E-state index contributed by atoms with van der Waals surface area (Å²) in [4.78, 5) is 12.5. The highest BCUT2D eigenvalue weighted by Crippen LogP contribution is 2.38. The van der Waals surface area contributed by atoms with Gasteiger partial charge in [0, 0.05) is 10.9 Å². The van der Waals surface area contributed by atoms with E-state index < -0.39 is 0 Å². The van der Waals surface area contributed by atoms with E-state index in [0.29, 0.717) is 22.6 Å². The number of hydrogen-bond acceptors (Lipinski definition) is 5. The molecule has 0 spiro atoms. The first-order valence-corrected chi connectivity index (χ1v) is 6.46. The third-order valence-corrected chi connectivity index (χ3v) is 3.81. The van der Waals surface area contributed by atoms with Gasteiger partial charge in [0.25, 0.3) is 0 Å². The SMILES string of the molecule is Nc1ccc(Sc2n[nH]c(=O)n2C2CC2)cc1N. The Hall–Kier alpha value is -1.89. The van der Waals surface area contributed by atoms with Crippen LogP contribution in [0.4, 0.5) is 11.4 Å². The van der Waals surface area contributed by atoms with Crippen molar-refractivity contribution in [2.75, 3.05) is 11.5 Å². The number of aromatic amines is 1. The first kappa shape index (κ1) is 11.2. The number of nitrogens with two attached hydrogens (primary N) is 2. The summed E-state index contributed by atoms with van der Waals surface area (Å²) >= 11 is 1.41. The van der Waals surface area contributed by atoms with Gasteiger partial charge in [-0.05, 0) is 42.8 Å². The number of nitrogen functional groups attached to an aromatic ring is 2. The zero-order valence-electron chi connectivity index (χ0n) is 9.59. The predicted molar refractivity (Wildman–Crippen MR) is 70.5 cm³/mol. The highest BCUT2D eigenvalue weighted by atomic mass is 32.2. The molecule has 5 N–H and O–H groups in total. The summed E-state index contributed by atoms with van der Waals surface area (Å²) in [5, 5.41) is 7.20. The van der Waals surface area contributed by atoms with Crippen LogP contribution in [0, 0.1) is 0 Å². The monoisotopic (exact) mass is 263 g/mol. The number of H-pyrrole nitrogens is 1. The Labute approximate surface area is 107 Å². The molecule has 0 aliphatic heterocycles. The second-order valence-corrected chi connectivity index (χ2v) is 5.35. The van der Waals surface area contributed by atoms with E-state index in [9.17, 15) is 4.79 Å². The molecule has 94 valence electrons. The van der Waals surface area contributed by atoms with E-state index in [4.69, 9.17) is 11.5 Å². The van der Waals surface area contributed by atoms with Crippen molar-refractivity contribution in [2.24, 2.45) is 0 Å². The van der Waals surface area contributed by atoms with Gasteiger partial charge in [0.15, 0.2) is 5.16 Å². The topological polar surface area (TPSA) is 103 Å². The maximum atomic E-state index is 11.6. The van der Waals surface area contributed by atoms with E-state index in [1.165, 1.54) is 11.8 Å². The van der Waals surface area contributed by atoms with Gasteiger partial charge in [-0.2, -0.15) is 0 Å². The van der Waals surface area contributed by atoms with Crippen molar-refractivity contribution in [1.29, 1.82) is 0 Å². The lowest BCUT2D eigenvalue weighted by Crippen LogP contribution is -2.15. The van der Waals surface area contributed by atoms with Crippen LogP contribution in [0.25, 0.3) is 0 Å². The van der Waals surface area contributed by atoms with Crippen molar-refractivity contribution >= 4 is 23.1 Å². The fourth-order valence-corrected chi connectivity index (χ4v) is 2.69. The summed E-state index contributed by atoms with van der Waals surface area (Å²) in [5.41, 5.74) is 12.4. The maximum absolute atomic E-state index is 11.6. The zero-order valence-corrected chi connectivity index (χ0v) is 10.4. The van der Waals surface area contributed by atoms with Crippen molar-refractivity contribution in [3.05, 3.63) is 28.7 Å². The summed E-state index contributed by atoms with van der Waals surface area (Å²) in [6, 6.07) is 5.71. The van der Waals surface area contributed by atoms with Crippen molar-refractivity contribution < 1.29 is 0 Å². The first-order valence-electron chi connectivity index (χ1n) is 5.65. The summed E-state index contributed by atoms with van der Waals surface area (Å²) in [5.74, 6) is 0. The lowest BCUT2D eigenvalue weighted by Gasteiger charge is -2.05. The number of hydrogen-bond donors (Lipinski definition) is 3. The molecule has 1 saturated carbocycles. The van der Waals surface area contributed by atoms with E-state index in [2.05, 4.69) is 10.2 Å². The normalized spacial score (nSPS) is 14.9. The molecule has 0 radical (unpaired) electrons. The van der Waals surface area contributed by atoms with Crippen LogP contribution in [0.15, 0.2) is 33.0 Å². The standard InChI is InChI=1S/C11H13N5OS/c12-8-4-3-7(5-9(8)13)18-11-15-14-10(17)16(11)6-1-2-6/h3-6H,1-2,12-13H2,(H,14,17). The Kier molecular flexibility index (Phi) is 2.55. The van der Waals surface area contributed by atoms with Crippen molar-refractivity contribution in [2.45, 2.75) is 28.9 Å². The largest absolute Gasteiger partial charge is 0.397 e. The molecule has 1 fully saturated rings. The molecule has 0 unspecified atom stereocenters. The molecule has 1 aromatic carbocycles. The molecular formula is C11H13N5OS. The Morgan fingerprint density at radius 1 is 1.33 bits per heavy atom. The molecule has 3 rings (SSSR count). The van der Waals surface area contributed by atoms with Crippen LogP contribution in [-0.4, -0.2) is 14.8 Å². The first-order chi connectivity index (χ1) is 8.65. The van der Waals surface area contributed by atoms with Gasteiger partial charge in [0.1, 0.15) is 0 Å². The minimum Gasteiger partial charge on any atom is -0.397 e. The van der Waals surface area contributed by atoms with E-state index in [1.807, 2.05) is 6.07 Å². The van der Waals surface area contributed by atoms with Crippen LogP contribution >= 0.6 is 11.8 Å². The van der Waals surface area contributed by atoms with Gasteiger partial charge in [-0.1, -0.05) is 0 Å². The molecular weight excluding hydrogens is 250 g/mol. The summed E-state index contributed by atoms with van der Waals surface area (Å²) in [6.07, 6.45) is 2.08. The van der Waals surface area contributed by atoms with Gasteiger partial charge >= 0.3 is 5.69 Å². The van der Waals surface area contributed by atoms with Gasteiger partial charge < -0.3 is 11.5 Å². The van der Waals surface area contributed by atoms with E-state index in [-0.39, 0.29) is 5.69 Å². The van der Waals surface area contributed by atoms with Crippen molar-refractivity contribution in [1.82, 2.24) is 14.8 Å². The number of aromatic nitrogens is 3. The molecule has 1 aromatic heterocycles. The maximum Gasteiger partial charge on any atom is 0.344 e. The second kappa shape index (κ2) is 4.09. The Balaban J connectivity index is 1.92. The fraction of sp³-hybridized carbons (Fsp3) is 0.273. The molecule has 1 heterocycles. The van der Waals surface area contributed by atoms with Gasteiger partial charge in [-0.15, -0.1) is 5.10 Å². The van der Waals surface area contributed by atoms with E-state index >= 15 is 0 Å². The molecule has 2 aromatic rings. The quantitative estimate of drug-likeness (QED) is 0.722. The second-order valence-electron chi connectivity index (χ2n) is 4.31.